The van der Waals surface area contributed by atoms with Gasteiger partial charge in [0.15, 0.2) is 0 Å². The number of sulfonamides is 1. The van der Waals surface area contributed by atoms with E-state index in [4.69, 9.17) is 0 Å². The molecule has 0 radical (unpaired) electrons. The summed E-state index contributed by atoms with van der Waals surface area (Å²) in [6.45, 7) is 4.11. The normalized spacial score (nSPS) is 11.7. The van der Waals surface area contributed by atoms with Gasteiger partial charge in [0.1, 0.15) is 5.69 Å². The number of hydrogen-bond acceptors (Lipinski definition) is 6. The molecule has 8 nitrogen and oxygen atoms in total. The van der Waals surface area contributed by atoms with Crippen LogP contribution in [-0.2, 0) is 10.0 Å². The molecular weight excluding hydrogens is 296 g/mol. The van der Waals surface area contributed by atoms with Crippen molar-refractivity contribution in [1.29, 1.82) is 0 Å². The Labute approximate surface area is 124 Å². The summed E-state index contributed by atoms with van der Waals surface area (Å²) in [5, 5.41) is 15.3. The lowest BCUT2D eigenvalue weighted by molar-refractivity contribution is -0.384. The summed E-state index contributed by atoms with van der Waals surface area (Å²) in [5.74, 6) is 0. The molecule has 1 aromatic carbocycles. The SMILES string of the molecule is CCCNc1cc(C)c(S(=O)(=O)NN(C)C)cc1[N+](=O)[O-]. The van der Waals surface area contributed by atoms with E-state index in [1.165, 1.54) is 25.2 Å². The van der Waals surface area contributed by atoms with Crippen LogP contribution in [0, 0.1) is 17.0 Å². The molecule has 0 saturated carbocycles. The topological polar surface area (TPSA) is 105 Å². The molecule has 0 saturated heterocycles. The number of nitrogens with zero attached hydrogens (tertiary/aromatic N) is 2. The van der Waals surface area contributed by atoms with Gasteiger partial charge in [0.2, 0.25) is 0 Å². The van der Waals surface area contributed by atoms with Gasteiger partial charge in [-0.15, -0.1) is 4.83 Å². The fourth-order valence-corrected chi connectivity index (χ4v) is 3.14. The van der Waals surface area contributed by atoms with Crippen LogP contribution in [0.25, 0.3) is 0 Å². The number of aryl methyl sites for hydroxylation is 1. The molecule has 0 amide bonds. The standard InChI is InChI=1S/C12H20N4O4S/c1-5-6-13-10-7-9(2)12(8-11(10)16(17)18)21(19,20)14-15(3)4/h7-8,13-14H,5-6H2,1-4H3. The van der Waals surface area contributed by atoms with Crippen molar-refractivity contribution in [3.8, 4) is 0 Å². The summed E-state index contributed by atoms with van der Waals surface area (Å²) in [6.07, 6.45) is 0.804. The molecular formula is C12H20N4O4S. The largest absolute Gasteiger partial charge is 0.379 e. The van der Waals surface area contributed by atoms with E-state index in [0.717, 1.165) is 12.5 Å². The Balaban J connectivity index is 3.37. The zero-order valence-electron chi connectivity index (χ0n) is 12.5. The lowest BCUT2D eigenvalue weighted by Gasteiger charge is -2.15. The Morgan fingerprint density at radius 1 is 1.33 bits per heavy atom. The molecule has 0 bridgehead atoms. The number of nitro benzene ring substituents is 1. The molecule has 0 heterocycles. The van der Waals surface area contributed by atoms with E-state index in [0.29, 0.717) is 17.8 Å². The van der Waals surface area contributed by atoms with Gasteiger partial charge in [-0.3, -0.25) is 10.1 Å². The molecule has 0 atom stereocenters. The van der Waals surface area contributed by atoms with Crippen LogP contribution in [0.3, 0.4) is 0 Å². The molecule has 0 unspecified atom stereocenters. The van der Waals surface area contributed by atoms with Crippen LogP contribution in [0.5, 0.6) is 0 Å². The van der Waals surface area contributed by atoms with Gasteiger partial charge in [-0.2, -0.15) is 0 Å². The van der Waals surface area contributed by atoms with Crippen LogP contribution in [-0.4, -0.2) is 39.0 Å². The van der Waals surface area contributed by atoms with Gasteiger partial charge in [0.25, 0.3) is 15.7 Å². The first-order valence-electron chi connectivity index (χ1n) is 6.41. The second kappa shape index (κ2) is 6.83. The molecule has 1 rings (SSSR count). The van der Waals surface area contributed by atoms with Crippen molar-refractivity contribution in [2.24, 2.45) is 0 Å². The Kier molecular flexibility index (Phi) is 5.64. The fourth-order valence-electron chi connectivity index (χ4n) is 1.81. The maximum atomic E-state index is 12.2. The number of hydrazine groups is 1. The third kappa shape index (κ3) is 4.38. The number of nitro groups is 1. The Bertz CT molecular complexity index is 628. The zero-order chi connectivity index (χ0) is 16.2. The molecule has 1 aromatic rings. The molecule has 0 aliphatic rings. The molecule has 0 spiro atoms. The van der Waals surface area contributed by atoms with Crippen molar-refractivity contribution in [2.45, 2.75) is 25.2 Å². The second-order valence-corrected chi connectivity index (χ2v) is 6.44. The summed E-state index contributed by atoms with van der Waals surface area (Å²) < 4.78 is 24.3. The monoisotopic (exact) mass is 316 g/mol. The minimum atomic E-state index is -3.84. The number of nitrogens with one attached hydrogen (secondary N) is 2. The lowest BCUT2D eigenvalue weighted by Crippen LogP contribution is -2.36. The average Bonchev–Trinajstić information content (AvgIpc) is 2.33. The van der Waals surface area contributed by atoms with Crippen molar-refractivity contribution in [3.63, 3.8) is 0 Å². The van der Waals surface area contributed by atoms with Crippen molar-refractivity contribution >= 4 is 21.4 Å². The van der Waals surface area contributed by atoms with Crippen LogP contribution in [0.15, 0.2) is 17.0 Å². The second-order valence-electron chi connectivity index (χ2n) is 4.81. The van der Waals surface area contributed by atoms with E-state index < -0.39 is 14.9 Å². The van der Waals surface area contributed by atoms with E-state index in [1.807, 2.05) is 6.92 Å². The molecule has 2 N–H and O–H groups in total. The zero-order valence-corrected chi connectivity index (χ0v) is 13.3. The highest BCUT2D eigenvalue weighted by molar-refractivity contribution is 7.89. The predicted octanol–water partition coefficient (Wildman–Crippen LogP) is 1.48. The summed E-state index contributed by atoms with van der Waals surface area (Å²) in [4.78, 5) is 12.7. The van der Waals surface area contributed by atoms with Crippen LogP contribution >= 0.6 is 0 Å². The molecule has 0 aliphatic heterocycles. The Morgan fingerprint density at radius 2 is 1.95 bits per heavy atom. The fraction of sp³-hybridized carbons (Fsp3) is 0.500. The molecule has 0 aromatic heterocycles. The van der Waals surface area contributed by atoms with Gasteiger partial charge in [-0.25, -0.2) is 13.4 Å². The van der Waals surface area contributed by atoms with E-state index >= 15 is 0 Å². The minimum absolute atomic E-state index is 0.107. The maximum Gasteiger partial charge on any atom is 0.293 e. The van der Waals surface area contributed by atoms with E-state index in [1.54, 1.807) is 6.92 Å². The van der Waals surface area contributed by atoms with Crippen molar-refractivity contribution in [2.75, 3.05) is 26.0 Å². The van der Waals surface area contributed by atoms with Gasteiger partial charge in [0, 0.05) is 26.7 Å². The maximum absolute atomic E-state index is 12.2. The molecule has 9 heteroatoms. The quantitative estimate of drug-likeness (QED) is 0.583. The van der Waals surface area contributed by atoms with Crippen molar-refractivity contribution in [3.05, 3.63) is 27.8 Å². The minimum Gasteiger partial charge on any atom is -0.379 e. The van der Waals surface area contributed by atoms with Gasteiger partial charge in [-0.1, -0.05) is 6.92 Å². The number of hydrogen-bond donors (Lipinski definition) is 2. The number of anilines is 1. The number of rotatable bonds is 7. The highest BCUT2D eigenvalue weighted by Crippen LogP contribution is 2.30. The van der Waals surface area contributed by atoms with Crippen LogP contribution in [0.4, 0.5) is 11.4 Å². The molecule has 0 fully saturated rings. The third-order valence-electron chi connectivity index (χ3n) is 2.65. The van der Waals surface area contributed by atoms with Crippen LogP contribution in [0.1, 0.15) is 18.9 Å². The summed E-state index contributed by atoms with van der Waals surface area (Å²) in [5.41, 5.74) is 0.505. The summed E-state index contributed by atoms with van der Waals surface area (Å²) >= 11 is 0. The molecule has 0 aliphatic carbocycles. The van der Waals surface area contributed by atoms with Crippen molar-refractivity contribution < 1.29 is 13.3 Å². The summed E-state index contributed by atoms with van der Waals surface area (Å²) in [6, 6.07) is 2.57. The van der Waals surface area contributed by atoms with Crippen LogP contribution in [0.2, 0.25) is 0 Å². The van der Waals surface area contributed by atoms with Crippen LogP contribution < -0.4 is 10.1 Å². The highest BCUT2D eigenvalue weighted by Gasteiger charge is 2.24. The van der Waals surface area contributed by atoms with E-state index in [9.17, 15) is 18.5 Å². The first-order valence-corrected chi connectivity index (χ1v) is 7.90. The Morgan fingerprint density at radius 3 is 2.43 bits per heavy atom. The van der Waals surface area contributed by atoms with Gasteiger partial charge >= 0.3 is 0 Å². The van der Waals surface area contributed by atoms with Gasteiger partial charge in [-0.05, 0) is 25.0 Å². The highest BCUT2D eigenvalue weighted by atomic mass is 32.2. The Hall–Kier alpha value is -1.71. The van der Waals surface area contributed by atoms with Crippen molar-refractivity contribution in [1.82, 2.24) is 9.84 Å². The van der Waals surface area contributed by atoms with Gasteiger partial charge < -0.3 is 5.32 Å². The first-order chi connectivity index (χ1) is 9.69. The molecule has 21 heavy (non-hydrogen) atoms. The first kappa shape index (κ1) is 17.3. The average molecular weight is 316 g/mol. The van der Waals surface area contributed by atoms with Gasteiger partial charge in [0.05, 0.1) is 9.82 Å². The smallest absolute Gasteiger partial charge is 0.293 e. The molecule has 118 valence electrons. The van der Waals surface area contributed by atoms with E-state index in [2.05, 4.69) is 10.1 Å². The lowest BCUT2D eigenvalue weighted by atomic mass is 10.2. The third-order valence-corrected chi connectivity index (χ3v) is 4.27. The number of benzene rings is 1. The summed E-state index contributed by atoms with van der Waals surface area (Å²) in [7, 11) is -0.787. The predicted molar refractivity (Wildman–Crippen MR) is 80.6 cm³/mol. The van der Waals surface area contributed by atoms with E-state index in [-0.39, 0.29) is 10.6 Å².